The van der Waals surface area contributed by atoms with E-state index in [1.54, 1.807) is 17.0 Å². The van der Waals surface area contributed by atoms with Crippen molar-refractivity contribution in [2.75, 3.05) is 47.8 Å². The number of piperazine rings is 1. The largest absolute Gasteiger partial charge is 0.419 e. The molecule has 7 nitrogen and oxygen atoms in total. The Morgan fingerprint density at radius 3 is 2.29 bits per heavy atom. The van der Waals surface area contributed by atoms with Crippen molar-refractivity contribution in [2.24, 2.45) is 5.92 Å². The van der Waals surface area contributed by atoms with Crippen LogP contribution in [0.15, 0.2) is 42.6 Å². The first-order valence-electron chi connectivity index (χ1n) is 13.1. The molecule has 2 fully saturated rings. The van der Waals surface area contributed by atoms with Crippen LogP contribution in [0.2, 0.25) is 0 Å². The predicted octanol–water partition coefficient (Wildman–Crippen LogP) is 5.80. The summed E-state index contributed by atoms with van der Waals surface area (Å²) in [7, 11) is 0. The van der Waals surface area contributed by atoms with E-state index in [0.29, 0.717) is 55.4 Å². The summed E-state index contributed by atoms with van der Waals surface area (Å²) < 4.78 is 54.0. The first-order chi connectivity index (χ1) is 18.4. The van der Waals surface area contributed by atoms with Gasteiger partial charge in [0.05, 0.1) is 5.56 Å². The van der Waals surface area contributed by atoms with Gasteiger partial charge in [0.1, 0.15) is 11.6 Å². The van der Waals surface area contributed by atoms with Crippen molar-refractivity contribution in [1.82, 2.24) is 19.9 Å². The lowest BCUT2D eigenvalue weighted by molar-refractivity contribution is -0.137. The van der Waals surface area contributed by atoms with Crippen LogP contribution >= 0.6 is 0 Å². The van der Waals surface area contributed by atoms with Gasteiger partial charge in [-0.2, -0.15) is 28.1 Å². The lowest BCUT2D eigenvalue weighted by Crippen LogP contribution is -2.48. The van der Waals surface area contributed by atoms with E-state index in [0.717, 1.165) is 19.0 Å². The summed E-state index contributed by atoms with van der Waals surface area (Å²) in [4.78, 5) is 21.5. The quantitative estimate of drug-likeness (QED) is 0.388. The number of halogens is 4. The van der Waals surface area contributed by atoms with Gasteiger partial charge in [-0.1, -0.05) is 32.1 Å². The van der Waals surface area contributed by atoms with Crippen LogP contribution in [0, 0.1) is 11.7 Å². The van der Waals surface area contributed by atoms with Crippen LogP contribution in [0.1, 0.15) is 44.1 Å². The highest BCUT2D eigenvalue weighted by Crippen LogP contribution is 2.35. The van der Waals surface area contributed by atoms with Gasteiger partial charge >= 0.3 is 6.18 Å². The molecule has 3 heterocycles. The Labute approximate surface area is 219 Å². The Morgan fingerprint density at radius 2 is 1.58 bits per heavy atom. The fraction of sp³-hybridized carbons (Fsp3) is 0.481. The van der Waals surface area contributed by atoms with Crippen molar-refractivity contribution in [1.29, 1.82) is 0 Å². The van der Waals surface area contributed by atoms with E-state index in [1.165, 1.54) is 56.5 Å². The van der Waals surface area contributed by atoms with Crippen molar-refractivity contribution in [3.05, 3.63) is 54.0 Å². The highest BCUT2D eigenvalue weighted by molar-refractivity contribution is 5.59. The van der Waals surface area contributed by atoms with Gasteiger partial charge in [-0.3, -0.25) is 0 Å². The van der Waals surface area contributed by atoms with Gasteiger partial charge in [-0.05, 0) is 48.7 Å². The van der Waals surface area contributed by atoms with Crippen molar-refractivity contribution < 1.29 is 17.6 Å². The van der Waals surface area contributed by atoms with Crippen LogP contribution in [-0.2, 0) is 6.18 Å². The van der Waals surface area contributed by atoms with Crippen LogP contribution in [-0.4, -0.2) is 52.7 Å². The van der Waals surface area contributed by atoms with Crippen LogP contribution in [0.3, 0.4) is 0 Å². The highest BCUT2D eigenvalue weighted by Gasteiger charge is 2.36. The Balaban J connectivity index is 1.33. The highest BCUT2D eigenvalue weighted by atomic mass is 19.4. The smallest absolute Gasteiger partial charge is 0.354 e. The maximum absolute atomic E-state index is 13.5. The summed E-state index contributed by atoms with van der Waals surface area (Å²) in [6.07, 6.45) is 4.32. The number of rotatable bonds is 7. The third kappa shape index (κ3) is 6.31. The van der Waals surface area contributed by atoms with Gasteiger partial charge in [-0.25, -0.2) is 9.37 Å². The molecule has 3 aromatic rings. The summed E-state index contributed by atoms with van der Waals surface area (Å²) in [5.41, 5.74) is -0.0796. The van der Waals surface area contributed by atoms with E-state index in [2.05, 4.69) is 25.3 Å². The van der Waals surface area contributed by atoms with E-state index in [1.807, 2.05) is 4.90 Å². The summed E-state index contributed by atoms with van der Waals surface area (Å²) >= 11 is 0. The van der Waals surface area contributed by atoms with Gasteiger partial charge in [0, 0.05) is 44.5 Å². The maximum atomic E-state index is 13.5. The first kappa shape index (κ1) is 26.1. The van der Waals surface area contributed by atoms with E-state index in [4.69, 9.17) is 0 Å². The third-order valence-electron chi connectivity index (χ3n) is 7.24. The summed E-state index contributed by atoms with van der Waals surface area (Å²) in [5, 5.41) is 3.34. The Bertz CT molecular complexity index is 1200. The van der Waals surface area contributed by atoms with Gasteiger partial charge in [-0.15, -0.1) is 0 Å². The second-order valence-electron chi connectivity index (χ2n) is 9.86. The molecule has 2 aromatic heterocycles. The Hall–Kier alpha value is -3.50. The standard InChI is InChI=1S/C27H31F4N7/c28-21-10-8-20(9-11-21)23-34-25(33-14-12-19-5-2-1-3-6-19)36-26(35-23)38-17-15-37(16-18-38)24-22(27(29,30)31)7-4-13-32-24/h4,7-11,13,19H,1-3,5-6,12,14-18H2,(H,33,34,35,36). The number of pyridine rings is 1. The van der Waals surface area contributed by atoms with E-state index in [9.17, 15) is 17.6 Å². The number of anilines is 3. The molecule has 0 amide bonds. The van der Waals surface area contributed by atoms with Crippen molar-refractivity contribution in [3.8, 4) is 11.4 Å². The average molecular weight is 530 g/mol. The van der Waals surface area contributed by atoms with Gasteiger partial charge in [0.15, 0.2) is 5.82 Å². The van der Waals surface area contributed by atoms with Crippen LogP contribution in [0.5, 0.6) is 0 Å². The molecule has 0 spiro atoms. The normalized spacial score (nSPS) is 17.1. The second-order valence-corrected chi connectivity index (χ2v) is 9.86. The van der Waals surface area contributed by atoms with Gasteiger partial charge in [0.25, 0.3) is 0 Å². The van der Waals surface area contributed by atoms with Crippen molar-refractivity contribution in [2.45, 2.75) is 44.7 Å². The number of alkyl halides is 3. The molecule has 0 unspecified atom stereocenters. The minimum Gasteiger partial charge on any atom is -0.354 e. The Morgan fingerprint density at radius 1 is 0.868 bits per heavy atom. The average Bonchev–Trinajstić information content (AvgIpc) is 2.93. The molecule has 1 aromatic carbocycles. The topological polar surface area (TPSA) is 70.1 Å². The van der Waals surface area contributed by atoms with Gasteiger partial charge < -0.3 is 15.1 Å². The molecule has 0 bridgehead atoms. The minimum atomic E-state index is -4.48. The summed E-state index contributed by atoms with van der Waals surface area (Å²) in [5.74, 6) is 1.59. The zero-order chi connectivity index (χ0) is 26.5. The molecule has 1 aliphatic heterocycles. The summed E-state index contributed by atoms with van der Waals surface area (Å²) in [6.45, 7) is 2.25. The molecule has 11 heteroatoms. The van der Waals surface area contributed by atoms with Crippen LogP contribution < -0.4 is 15.1 Å². The molecule has 1 saturated carbocycles. The molecular weight excluding hydrogens is 498 g/mol. The summed E-state index contributed by atoms with van der Waals surface area (Å²) in [6, 6.07) is 8.32. The zero-order valence-electron chi connectivity index (χ0n) is 21.1. The predicted molar refractivity (Wildman–Crippen MR) is 139 cm³/mol. The maximum Gasteiger partial charge on any atom is 0.419 e. The molecule has 1 N–H and O–H groups in total. The fourth-order valence-electron chi connectivity index (χ4n) is 5.17. The molecule has 5 rings (SSSR count). The SMILES string of the molecule is Fc1ccc(-c2nc(NCCC3CCCCC3)nc(N3CCN(c4ncccc4C(F)(F)F)CC3)n2)cc1. The Kier molecular flexibility index (Phi) is 7.90. The van der Waals surface area contributed by atoms with E-state index in [-0.39, 0.29) is 11.6 Å². The molecule has 0 atom stereocenters. The van der Waals surface area contributed by atoms with Crippen LogP contribution in [0.4, 0.5) is 35.3 Å². The van der Waals surface area contributed by atoms with Crippen molar-refractivity contribution in [3.63, 3.8) is 0 Å². The number of nitrogens with zero attached hydrogens (tertiary/aromatic N) is 6. The number of hydrogen-bond acceptors (Lipinski definition) is 7. The van der Waals surface area contributed by atoms with E-state index < -0.39 is 11.7 Å². The fourth-order valence-corrected chi connectivity index (χ4v) is 5.17. The molecular formula is C27H31F4N7. The van der Waals surface area contributed by atoms with Crippen molar-refractivity contribution >= 4 is 17.7 Å². The minimum absolute atomic E-state index is 0.0626. The number of nitrogens with one attached hydrogen (secondary N) is 1. The number of benzene rings is 1. The first-order valence-corrected chi connectivity index (χ1v) is 13.1. The number of hydrogen-bond donors (Lipinski definition) is 1. The zero-order valence-corrected chi connectivity index (χ0v) is 21.1. The third-order valence-corrected chi connectivity index (χ3v) is 7.24. The lowest BCUT2D eigenvalue weighted by Gasteiger charge is -2.36. The van der Waals surface area contributed by atoms with Gasteiger partial charge in [0.2, 0.25) is 11.9 Å². The molecule has 1 aliphatic carbocycles. The second kappa shape index (κ2) is 11.5. The molecule has 2 aliphatic rings. The molecule has 202 valence electrons. The van der Waals surface area contributed by atoms with Crippen LogP contribution in [0.25, 0.3) is 11.4 Å². The molecule has 38 heavy (non-hydrogen) atoms. The molecule has 1 saturated heterocycles. The number of aromatic nitrogens is 4. The molecule has 0 radical (unpaired) electrons. The lowest BCUT2D eigenvalue weighted by atomic mass is 9.87. The van der Waals surface area contributed by atoms with E-state index >= 15 is 0 Å². The monoisotopic (exact) mass is 529 g/mol.